The summed E-state index contributed by atoms with van der Waals surface area (Å²) in [4.78, 5) is 21.3. The molecule has 130 valence electrons. The molecule has 0 radical (unpaired) electrons. The van der Waals surface area contributed by atoms with E-state index in [1.54, 1.807) is 13.2 Å². The average Bonchev–Trinajstić information content (AvgIpc) is 3.03. The summed E-state index contributed by atoms with van der Waals surface area (Å²) >= 11 is 1.41. The van der Waals surface area contributed by atoms with Crippen LogP contribution in [-0.4, -0.2) is 23.0 Å². The Hall–Kier alpha value is -3.19. The third kappa shape index (κ3) is 3.16. The van der Waals surface area contributed by atoms with Crippen LogP contribution in [0.1, 0.15) is 5.69 Å². The molecule has 2 aromatic carbocycles. The predicted molar refractivity (Wildman–Crippen MR) is 105 cm³/mol. The molecule has 3 N–H and O–H groups in total. The number of thiazole rings is 1. The SMILES string of the molecule is COc1ccc2nc(NC(=O)Cc3ccc4cccc(N)c4n3)sc2c1. The fourth-order valence-electron chi connectivity index (χ4n) is 2.72. The van der Waals surface area contributed by atoms with Crippen LogP contribution in [0.2, 0.25) is 0 Å². The van der Waals surface area contributed by atoms with Gasteiger partial charge in [0.05, 0.1) is 40.6 Å². The molecular weight excluding hydrogens is 348 g/mol. The van der Waals surface area contributed by atoms with Crippen molar-refractivity contribution in [1.29, 1.82) is 0 Å². The number of rotatable bonds is 4. The molecule has 4 rings (SSSR count). The number of nitrogen functional groups attached to an aromatic ring is 1. The molecule has 0 spiro atoms. The number of carbonyl (C=O) groups excluding carboxylic acids is 1. The van der Waals surface area contributed by atoms with Crippen LogP contribution in [0.15, 0.2) is 48.5 Å². The minimum atomic E-state index is -0.169. The summed E-state index contributed by atoms with van der Waals surface area (Å²) in [6.45, 7) is 0. The van der Waals surface area contributed by atoms with Crippen LogP contribution in [-0.2, 0) is 11.2 Å². The van der Waals surface area contributed by atoms with E-state index in [0.717, 1.165) is 21.4 Å². The van der Waals surface area contributed by atoms with E-state index in [2.05, 4.69) is 15.3 Å². The van der Waals surface area contributed by atoms with Gasteiger partial charge in [-0.3, -0.25) is 9.78 Å². The Labute approximate surface area is 153 Å². The van der Waals surface area contributed by atoms with Gasteiger partial charge in [0.1, 0.15) is 5.75 Å². The Morgan fingerprint density at radius 2 is 2.08 bits per heavy atom. The van der Waals surface area contributed by atoms with Crippen LogP contribution in [0.3, 0.4) is 0 Å². The molecule has 1 amide bonds. The van der Waals surface area contributed by atoms with Gasteiger partial charge in [0.25, 0.3) is 0 Å². The monoisotopic (exact) mass is 364 g/mol. The lowest BCUT2D eigenvalue weighted by Crippen LogP contribution is -2.15. The van der Waals surface area contributed by atoms with Gasteiger partial charge in [0.2, 0.25) is 5.91 Å². The molecule has 7 heteroatoms. The molecule has 2 heterocycles. The first-order valence-corrected chi connectivity index (χ1v) is 8.82. The van der Waals surface area contributed by atoms with Crippen LogP contribution in [0, 0.1) is 0 Å². The number of para-hydroxylation sites is 1. The number of nitrogens with two attached hydrogens (primary N) is 1. The first kappa shape index (κ1) is 16.3. The normalized spacial score (nSPS) is 11.0. The number of aromatic nitrogens is 2. The van der Waals surface area contributed by atoms with Gasteiger partial charge >= 0.3 is 0 Å². The number of pyridine rings is 1. The second-order valence-electron chi connectivity index (χ2n) is 5.80. The molecule has 4 aromatic rings. The molecule has 0 saturated heterocycles. The number of fused-ring (bicyclic) bond motifs is 2. The highest BCUT2D eigenvalue weighted by atomic mass is 32.1. The number of nitrogens with zero attached hydrogens (tertiary/aromatic N) is 2. The van der Waals surface area contributed by atoms with Gasteiger partial charge < -0.3 is 15.8 Å². The zero-order chi connectivity index (χ0) is 18.1. The zero-order valence-corrected chi connectivity index (χ0v) is 14.8. The van der Waals surface area contributed by atoms with E-state index in [1.165, 1.54) is 11.3 Å². The van der Waals surface area contributed by atoms with E-state index in [0.29, 0.717) is 22.0 Å². The lowest BCUT2D eigenvalue weighted by molar-refractivity contribution is -0.115. The highest BCUT2D eigenvalue weighted by Gasteiger charge is 2.11. The maximum atomic E-state index is 12.4. The summed E-state index contributed by atoms with van der Waals surface area (Å²) < 4.78 is 6.16. The van der Waals surface area contributed by atoms with E-state index in [-0.39, 0.29) is 12.3 Å². The minimum absolute atomic E-state index is 0.156. The topological polar surface area (TPSA) is 90.1 Å². The van der Waals surface area contributed by atoms with Gasteiger partial charge in [-0.25, -0.2) is 4.98 Å². The van der Waals surface area contributed by atoms with Gasteiger partial charge in [0.15, 0.2) is 5.13 Å². The van der Waals surface area contributed by atoms with Crippen LogP contribution in [0.4, 0.5) is 10.8 Å². The molecule has 2 aromatic heterocycles. The Balaban J connectivity index is 1.52. The summed E-state index contributed by atoms with van der Waals surface area (Å²) in [5.41, 5.74) is 8.76. The Morgan fingerprint density at radius 1 is 1.19 bits per heavy atom. The average molecular weight is 364 g/mol. The zero-order valence-electron chi connectivity index (χ0n) is 14.0. The smallest absolute Gasteiger partial charge is 0.232 e. The number of methoxy groups -OCH3 is 1. The summed E-state index contributed by atoms with van der Waals surface area (Å²) in [5, 5.41) is 4.34. The largest absolute Gasteiger partial charge is 0.497 e. The van der Waals surface area contributed by atoms with E-state index in [4.69, 9.17) is 10.5 Å². The van der Waals surface area contributed by atoms with Crippen LogP contribution in [0.25, 0.3) is 21.1 Å². The van der Waals surface area contributed by atoms with E-state index in [9.17, 15) is 4.79 Å². The molecule has 0 unspecified atom stereocenters. The second kappa shape index (κ2) is 6.61. The number of ether oxygens (including phenoxy) is 1. The van der Waals surface area contributed by atoms with Gasteiger partial charge in [0, 0.05) is 5.39 Å². The fourth-order valence-corrected chi connectivity index (χ4v) is 3.63. The highest BCUT2D eigenvalue weighted by Crippen LogP contribution is 2.29. The van der Waals surface area contributed by atoms with Gasteiger partial charge in [-0.1, -0.05) is 29.5 Å². The Kier molecular flexibility index (Phi) is 4.14. The van der Waals surface area contributed by atoms with Crippen molar-refractivity contribution in [3.8, 4) is 5.75 Å². The molecule has 0 bridgehead atoms. The van der Waals surface area contributed by atoms with E-state index >= 15 is 0 Å². The summed E-state index contributed by atoms with van der Waals surface area (Å²) in [6, 6.07) is 15.0. The number of amides is 1. The fraction of sp³-hybridized carbons (Fsp3) is 0.105. The number of anilines is 2. The summed E-state index contributed by atoms with van der Waals surface area (Å²) in [6.07, 6.45) is 0.156. The Morgan fingerprint density at radius 3 is 2.92 bits per heavy atom. The lowest BCUT2D eigenvalue weighted by Gasteiger charge is -2.05. The third-order valence-electron chi connectivity index (χ3n) is 3.99. The molecular formula is C19H16N4O2S. The van der Waals surface area contributed by atoms with E-state index in [1.807, 2.05) is 42.5 Å². The summed E-state index contributed by atoms with van der Waals surface area (Å²) in [7, 11) is 1.62. The van der Waals surface area contributed by atoms with Crippen molar-refractivity contribution in [2.75, 3.05) is 18.2 Å². The van der Waals surface area contributed by atoms with Crippen molar-refractivity contribution in [2.45, 2.75) is 6.42 Å². The van der Waals surface area contributed by atoms with Crippen molar-refractivity contribution in [3.05, 3.63) is 54.2 Å². The number of carbonyl (C=O) groups is 1. The lowest BCUT2D eigenvalue weighted by atomic mass is 10.1. The summed E-state index contributed by atoms with van der Waals surface area (Å²) in [5.74, 6) is 0.592. The quantitative estimate of drug-likeness (QED) is 0.540. The van der Waals surface area contributed by atoms with Crippen molar-refractivity contribution < 1.29 is 9.53 Å². The van der Waals surface area contributed by atoms with Crippen molar-refractivity contribution in [3.63, 3.8) is 0 Å². The number of nitrogens with one attached hydrogen (secondary N) is 1. The molecule has 0 atom stereocenters. The maximum absolute atomic E-state index is 12.4. The standard InChI is InChI=1S/C19H16N4O2S/c1-25-13-7-8-15-16(10-13)26-19(22-15)23-17(24)9-12-6-5-11-3-2-4-14(20)18(11)21-12/h2-8,10H,9,20H2,1H3,(H,22,23,24). The molecule has 0 aliphatic rings. The van der Waals surface area contributed by atoms with Gasteiger partial charge in [-0.2, -0.15) is 0 Å². The van der Waals surface area contributed by atoms with Crippen molar-refractivity contribution in [2.24, 2.45) is 0 Å². The molecule has 0 fully saturated rings. The van der Waals surface area contributed by atoms with Gasteiger partial charge in [-0.05, 0) is 30.3 Å². The van der Waals surface area contributed by atoms with Crippen LogP contribution in [0.5, 0.6) is 5.75 Å². The maximum Gasteiger partial charge on any atom is 0.232 e. The minimum Gasteiger partial charge on any atom is -0.497 e. The number of hydrogen-bond donors (Lipinski definition) is 2. The third-order valence-corrected chi connectivity index (χ3v) is 4.93. The van der Waals surface area contributed by atoms with Gasteiger partial charge in [-0.15, -0.1) is 0 Å². The van der Waals surface area contributed by atoms with Crippen LogP contribution < -0.4 is 15.8 Å². The van der Waals surface area contributed by atoms with Crippen LogP contribution >= 0.6 is 11.3 Å². The molecule has 0 aliphatic carbocycles. The molecule has 26 heavy (non-hydrogen) atoms. The number of benzene rings is 2. The van der Waals surface area contributed by atoms with E-state index < -0.39 is 0 Å². The molecule has 6 nitrogen and oxygen atoms in total. The van der Waals surface area contributed by atoms with Crippen molar-refractivity contribution in [1.82, 2.24) is 9.97 Å². The Bertz CT molecular complexity index is 1120. The van der Waals surface area contributed by atoms with Crippen molar-refractivity contribution >= 4 is 49.2 Å². The second-order valence-corrected chi connectivity index (χ2v) is 6.83. The highest BCUT2D eigenvalue weighted by molar-refractivity contribution is 7.22. The predicted octanol–water partition coefficient (Wildman–Crippen LogP) is 3.62. The first-order valence-electron chi connectivity index (χ1n) is 8.01. The molecule has 0 aliphatic heterocycles. The first-order chi connectivity index (χ1) is 12.6. The molecule has 0 saturated carbocycles. The number of hydrogen-bond acceptors (Lipinski definition) is 6.